The van der Waals surface area contributed by atoms with Gasteiger partial charge in [-0.05, 0) is 43.2 Å². The van der Waals surface area contributed by atoms with Crippen LogP contribution in [0.15, 0.2) is 12.1 Å². The molecule has 3 atom stereocenters. The molecule has 2 rings (SSSR count). The fraction of sp³-hybridized carbons (Fsp3) is 0.600. The maximum atomic E-state index is 13.9. The molecule has 1 fully saturated rings. The van der Waals surface area contributed by atoms with Crippen molar-refractivity contribution in [2.24, 2.45) is 11.8 Å². The van der Waals surface area contributed by atoms with Gasteiger partial charge in [-0.15, -0.1) is 0 Å². The maximum Gasteiger partial charge on any atom is 0.134 e. The molecule has 0 radical (unpaired) electrons. The second kappa shape index (κ2) is 5.35. The van der Waals surface area contributed by atoms with Crippen LogP contribution in [0.4, 0.5) is 8.78 Å². The molecular weight excluding hydrogens is 234 g/mol. The van der Waals surface area contributed by atoms with E-state index in [9.17, 15) is 13.9 Å². The Morgan fingerprint density at radius 3 is 2.67 bits per heavy atom. The van der Waals surface area contributed by atoms with Crippen LogP contribution in [0.2, 0.25) is 0 Å². The summed E-state index contributed by atoms with van der Waals surface area (Å²) in [5.74, 6) is -0.658. The molecule has 0 amide bonds. The van der Waals surface area contributed by atoms with Crippen LogP contribution in [0, 0.1) is 30.4 Å². The highest BCUT2D eigenvalue weighted by Gasteiger charge is 2.33. The van der Waals surface area contributed by atoms with Crippen LogP contribution >= 0.6 is 0 Å². The molecule has 3 unspecified atom stereocenters. The molecule has 1 aliphatic rings. The lowest BCUT2D eigenvalue weighted by atomic mass is 9.91. The zero-order valence-electron chi connectivity index (χ0n) is 10.9. The number of halogens is 2. The Bertz CT molecular complexity index is 431. The maximum absolute atomic E-state index is 13.9. The second-order valence-electron chi connectivity index (χ2n) is 5.38. The highest BCUT2D eigenvalue weighted by Crippen LogP contribution is 2.41. The Morgan fingerprint density at radius 2 is 2.06 bits per heavy atom. The lowest BCUT2D eigenvalue weighted by Crippen LogP contribution is -2.14. The van der Waals surface area contributed by atoms with Crippen LogP contribution in [-0.2, 0) is 0 Å². The summed E-state index contributed by atoms with van der Waals surface area (Å²) >= 11 is 0. The van der Waals surface area contributed by atoms with Crippen molar-refractivity contribution in [1.82, 2.24) is 0 Å². The highest BCUT2D eigenvalue weighted by molar-refractivity contribution is 5.28. The number of rotatable bonds is 3. The number of benzene rings is 1. The topological polar surface area (TPSA) is 20.2 Å². The highest BCUT2D eigenvalue weighted by atomic mass is 19.1. The number of aryl methyl sites for hydroxylation is 1. The van der Waals surface area contributed by atoms with Crippen LogP contribution in [0.5, 0.6) is 0 Å². The van der Waals surface area contributed by atoms with Gasteiger partial charge in [0.05, 0.1) is 11.7 Å². The number of aliphatic hydroxyl groups excluding tert-OH is 1. The SMILES string of the molecule is CCC1CCC(C(O)c2c(F)ccc(C)c2F)C1. The Hall–Kier alpha value is -0.960. The molecule has 0 aliphatic heterocycles. The van der Waals surface area contributed by atoms with Gasteiger partial charge in [0.2, 0.25) is 0 Å². The van der Waals surface area contributed by atoms with E-state index < -0.39 is 17.7 Å². The van der Waals surface area contributed by atoms with Crippen LogP contribution in [-0.4, -0.2) is 5.11 Å². The first kappa shape index (κ1) is 13.5. The van der Waals surface area contributed by atoms with Gasteiger partial charge in [0.15, 0.2) is 0 Å². The van der Waals surface area contributed by atoms with Gasteiger partial charge in [-0.3, -0.25) is 0 Å². The predicted octanol–water partition coefficient (Wildman–Crippen LogP) is 4.13. The molecule has 1 saturated carbocycles. The van der Waals surface area contributed by atoms with E-state index in [2.05, 4.69) is 6.92 Å². The van der Waals surface area contributed by atoms with Crippen molar-refractivity contribution < 1.29 is 13.9 Å². The van der Waals surface area contributed by atoms with Gasteiger partial charge in [-0.1, -0.05) is 25.8 Å². The molecule has 1 N–H and O–H groups in total. The van der Waals surface area contributed by atoms with Crippen molar-refractivity contribution in [1.29, 1.82) is 0 Å². The van der Waals surface area contributed by atoms with E-state index in [-0.39, 0.29) is 11.5 Å². The van der Waals surface area contributed by atoms with Crippen molar-refractivity contribution in [2.45, 2.75) is 45.6 Å². The second-order valence-corrected chi connectivity index (χ2v) is 5.38. The first-order valence-electron chi connectivity index (χ1n) is 6.67. The third kappa shape index (κ3) is 2.41. The summed E-state index contributed by atoms with van der Waals surface area (Å²) < 4.78 is 27.7. The first-order valence-corrected chi connectivity index (χ1v) is 6.67. The molecule has 0 heterocycles. The normalized spacial score (nSPS) is 25.4. The van der Waals surface area contributed by atoms with E-state index in [1.54, 1.807) is 6.92 Å². The van der Waals surface area contributed by atoms with E-state index >= 15 is 0 Å². The summed E-state index contributed by atoms with van der Waals surface area (Å²) in [5, 5.41) is 10.2. The fourth-order valence-electron chi connectivity index (χ4n) is 2.96. The van der Waals surface area contributed by atoms with Gasteiger partial charge in [-0.2, -0.15) is 0 Å². The summed E-state index contributed by atoms with van der Waals surface area (Å²) in [7, 11) is 0. The Labute approximate surface area is 107 Å². The summed E-state index contributed by atoms with van der Waals surface area (Å²) in [4.78, 5) is 0. The Morgan fingerprint density at radius 1 is 1.33 bits per heavy atom. The molecule has 0 saturated heterocycles. The van der Waals surface area contributed by atoms with E-state index in [4.69, 9.17) is 0 Å². The van der Waals surface area contributed by atoms with Crippen molar-refractivity contribution in [3.8, 4) is 0 Å². The van der Waals surface area contributed by atoms with Gasteiger partial charge in [0, 0.05) is 0 Å². The largest absolute Gasteiger partial charge is 0.388 e. The summed E-state index contributed by atoms with van der Waals surface area (Å²) in [6, 6.07) is 2.65. The molecular formula is C15H20F2O. The van der Waals surface area contributed by atoms with Crippen molar-refractivity contribution in [3.05, 3.63) is 34.9 Å². The Kier molecular flexibility index (Phi) is 4.00. The molecule has 1 aromatic rings. The number of hydrogen-bond acceptors (Lipinski definition) is 1. The predicted molar refractivity (Wildman–Crippen MR) is 67.2 cm³/mol. The zero-order chi connectivity index (χ0) is 13.3. The van der Waals surface area contributed by atoms with Gasteiger partial charge in [0.25, 0.3) is 0 Å². The minimum Gasteiger partial charge on any atom is -0.388 e. The molecule has 3 heteroatoms. The third-order valence-electron chi connectivity index (χ3n) is 4.22. The van der Waals surface area contributed by atoms with Crippen LogP contribution < -0.4 is 0 Å². The molecule has 0 spiro atoms. The lowest BCUT2D eigenvalue weighted by molar-refractivity contribution is 0.101. The minimum absolute atomic E-state index is 0.0132. The minimum atomic E-state index is -1.01. The van der Waals surface area contributed by atoms with Crippen LogP contribution in [0.25, 0.3) is 0 Å². The molecule has 100 valence electrons. The smallest absolute Gasteiger partial charge is 0.134 e. The fourth-order valence-corrected chi connectivity index (χ4v) is 2.96. The van der Waals surface area contributed by atoms with Gasteiger partial charge in [-0.25, -0.2) is 8.78 Å². The number of aliphatic hydroxyl groups is 1. The average Bonchev–Trinajstić information content (AvgIpc) is 2.83. The van der Waals surface area contributed by atoms with Crippen molar-refractivity contribution in [3.63, 3.8) is 0 Å². The standard InChI is InChI=1S/C15H20F2O/c1-3-10-5-6-11(8-10)15(18)13-12(16)7-4-9(2)14(13)17/h4,7,10-11,15,18H,3,5-6,8H2,1-2H3. The van der Waals surface area contributed by atoms with Gasteiger partial charge in [0.1, 0.15) is 11.6 Å². The zero-order valence-corrected chi connectivity index (χ0v) is 10.9. The molecule has 0 aromatic heterocycles. The summed E-state index contributed by atoms with van der Waals surface area (Å²) in [5.41, 5.74) is 0.243. The average molecular weight is 254 g/mol. The molecule has 1 aliphatic carbocycles. The summed E-state index contributed by atoms with van der Waals surface area (Å²) in [6.45, 7) is 3.71. The Balaban J connectivity index is 2.24. The van der Waals surface area contributed by atoms with Crippen LogP contribution in [0.1, 0.15) is 49.8 Å². The quantitative estimate of drug-likeness (QED) is 0.859. The first-order chi connectivity index (χ1) is 8.54. The van der Waals surface area contributed by atoms with Gasteiger partial charge < -0.3 is 5.11 Å². The van der Waals surface area contributed by atoms with Gasteiger partial charge >= 0.3 is 0 Å². The summed E-state index contributed by atoms with van der Waals surface area (Å²) in [6.07, 6.45) is 2.83. The molecule has 0 bridgehead atoms. The third-order valence-corrected chi connectivity index (χ3v) is 4.22. The lowest BCUT2D eigenvalue weighted by Gasteiger charge is -2.20. The van der Waals surface area contributed by atoms with E-state index in [1.807, 2.05) is 0 Å². The van der Waals surface area contributed by atoms with Crippen LogP contribution in [0.3, 0.4) is 0 Å². The van der Waals surface area contributed by atoms with E-state index in [1.165, 1.54) is 12.1 Å². The van der Waals surface area contributed by atoms with Crippen molar-refractivity contribution in [2.75, 3.05) is 0 Å². The molecule has 1 aromatic carbocycles. The van der Waals surface area contributed by atoms with Crippen molar-refractivity contribution >= 4 is 0 Å². The number of hydrogen-bond donors (Lipinski definition) is 1. The molecule has 1 nitrogen and oxygen atoms in total. The monoisotopic (exact) mass is 254 g/mol. The van der Waals surface area contributed by atoms with E-state index in [0.717, 1.165) is 25.7 Å². The molecule has 18 heavy (non-hydrogen) atoms. The van der Waals surface area contributed by atoms with E-state index in [0.29, 0.717) is 11.5 Å².